The minimum atomic E-state index is 0.163. The fourth-order valence-electron chi connectivity index (χ4n) is 4.09. The highest BCUT2D eigenvalue weighted by molar-refractivity contribution is 5.76. The van der Waals surface area contributed by atoms with Crippen molar-refractivity contribution in [1.29, 1.82) is 0 Å². The minimum Gasteiger partial charge on any atom is -0.350 e. The summed E-state index contributed by atoms with van der Waals surface area (Å²) in [6, 6.07) is 0. The van der Waals surface area contributed by atoms with Crippen LogP contribution in [0.4, 0.5) is 0 Å². The molecule has 2 heterocycles. The number of hydrogen-bond donors (Lipinski definition) is 2. The van der Waals surface area contributed by atoms with Crippen LogP contribution in [0.2, 0.25) is 0 Å². The molecule has 5 heteroatoms. The van der Waals surface area contributed by atoms with Gasteiger partial charge in [-0.1, -0.05) is 13.3 Å². The molecule has 0 aromatic carbocycles. The summed E-state index contributed by atoms with van der Waals surface area (Å²) >= 11 is 0. The summed E-state index contributed by atoms with van der Waals surface area (Å²) in [4.78, 5) is 27.3. The van der Waals surface area contributed by atoms with E-state index < -0.39 is 0 Å². The third-order valence-corrected chi connectivity index (χ3v) is 5.67. The molecule has 0 saturated carbocycles. The number of quaternary nitrogens is 1. The lowest BCUT2D eigenvalue weighted by Crippen LogP contribution is -3.13. The van der Waals surface area contributed by atoms with Gasteiger partial charge in [0.25, 0.3) is 0 Å². The van der Waals surface area contributed by atoms with Gasteiger partial charge in [0.1, 0.15) is 0 Å². The van der Waals surface area contributed by atoms with E-state index in [1.54, 1.807) is 11.8 Å². The van der Waals surface area contributed by atoms with Crippen LogP contribution in [-0.2, 0) is 9.59 Å². The van der Waals surface area contributed by atoms with E-state index in [1.165, 1.54) is 32.4 Å². The lowest BCUT2D eigenvalue weighted by molar-refractivity contribution is -0.903. The minimum absolute atomic E-state index is 0.163. The van der Waals surface area contributed by atoms with E-state index in [9.17, 15) is 9.59 Å². The van der Waals surface area contributed by atoms with E-state index in [1.807, 2.05) is 4.90 Å². The number of amides is 2. The van der Waals surface area contributed by atoms with Crippen molar-refractivity contribution in [2.45, 2.75) is 52.4 Å². The fourth-order valence-corrected chi connectivity index (χ4v) is 4.09. The van der Waals surface area contributed by atoms with Crippen molar-refractivity contribution in [2.24, 2.45) is 11.8 Å². The van der Waals surface area contributed by atoms with Gasteiger partial charge in [0, 0.05) is 26.4 Å². The largest absolute Gasteiger partial charge is 0.350 e. The van der Waals surface area contributed by atoms with Crippen molar-refractivity contribution in [3.05, 3.63) is 0 Å². The average Bonchev–Trinajstić information content (AvgIpc) is 2.56. The Bertz CT molecular complexity index is 394. The molecule has 0 aliphatic carbocycles. The van der Waals surface area contributed by atoms with E-state index >= 15 is 0 Å². The van der Waals surface area contributed by atoms with Gasteiger partial charge in [0.2, 0.25) is 11.8 Å². The molecule has 2 fully saturated rings. The molecule has 2 aliphatic heterocycles. The van der Waals surface area contributed by atoms with Gasteiger partial charge in [-0.05, 0) is 37.5 Å². The van der Waals surface area contributed by atoms with Crippen LogP contribution in [0, 0.1) is 11.8 Å². The van der Waals surface area contributed by atoms with Gasteiger partial charge in [-0.2, -0.15) is 0 Å². The van der Waals surface area contributed by atoms with E-state index in [4.69, 9.17) is 0 Å². The Kier molecular flexibility index (Phi) is 7.34. The quantitative estimate of drug-likeness (QED) is 0.746. The van der Waals surface area contributed by atoms with Crippen LogP contribution in [0.25, 0.3) is 0 Å². The number of piperidine rings is 2. The van der Waals surface area contributed by atoms with Crippen molar-refractivity contribution < 1.29 is 14.5 Å². The van der Waals surface area contributed by atoms with Crippen LogP contribution >= 0.6 is 0 Å². The molecule has 23 heavy (non-hydrogen) atoms. The predicted molar refractivity (Wildman–Crippen MR) is 91.2 cm³/mol. The monoisotopic (exact) mass is 324 g/mol. The molecule has 0 aromatic heterocycles. The third-order valence-electron chi connectivity index (χ3n) is 5.67. The number of hydrogen-bond acceptors (Lipinski definition) is 2. The predicted octanol–water partition coefficient (Wildman–Crippen LogP) is 0.456. The molecule has 0 bridgehead atoms. The molecule has 2 amide bonds. The molecular formula is C18H34N3O2+. The van der Waals surface area contributed by atoms with Crippen molar-refractivity contribution in [1.82, 2.24) is 10.2 Å². The van der Waals surface area contributed by atoms with Gasteiger partial charge in [-0.3, -0.25) is 9.59 Å². The summed E-state index contributed by atoms with van der Waals surface area (Å²) in [5.74, 6) is 1.25. The SMILES string of the molecule is CC[C@H]1CN(C(C)=O)CC[C@H]1CC(=O)NCC[NH+]1CCCCC1. The highest BCUT2D eigenvalue weighted by atomic mass is 16.2. The molecule has 5 nitrogen and oxygen atoms in total. The number of rotatable bonds is 6. The first kappa shape index (κ1) is 18.2. The number of carbonyl (C=O) groups is 2. The Morgan fingerprint density at radius 1 is 1.17 bits per heavy atom. The standard InChI is InChI=1S/C18H33N3O2/c1-3-16-14-21(15(2)22)11-7-17(16)13-18(23)19-8-12-20-9-5-4-6-10-20/h16-17H,3-14H2,1-2H3,(H,19,23)/p+1/t16-,17-/m0/s1. The van der Waals surface area contributed by atoms with Gasteiger partial charge in [-0.25, -0.2) is 0 Å². The Balaban J connectivity index is 1.68. The van der Waals surface area contributed by atoms with Crippen LogP contribution in [0.3, 0.4) is 0 Å². The summed E-state index contributed by atoms with van der Waals surface area (Å²) in [6.07, 6.45) is 6.65. The second-order valence-electron chi connectivity index (χ2n) is 7.30. The lowest BCUT2D eigenvalue weighted by atomic mass is 9.81. The van der Waals surface area contributed by atoms with Crippen molar-refractivity contribution in [3.63, 3.8) is 0 Å². The van der Waals surface area contributed by atoms with Gasteiger partial charge in [0.15, 0.2) is 0 Å². The molecular weight excluding hydrogens is 290 g/mol. The first-order valence-corrected chi connectivity index (χ1v) is 9.46. The number of nitrogens with zero attached hydrogens (tertiary/aromatic N) is 1. The third kappa shape index (κ3) is 5.79. The maximum Gasteiger partial charge on any atom is 0.220 e. The normalized spacial score (nSPS) is 26.1. The summed E-state index contributed by atoms with van der Waals surface area (Å²) in [7, 11) is 0. The van der Waals surface area contributed by atoms with Crippen LogP contribution in [0.1, 0.15) is 52.4 Å². The first-order valence-electron chi connectivity index (χ1n) is 9.46. The number of carbonyl (C=O) groups excluding carboxylic acids is 2. The number of nitrogens with one attached hydrogen (secondary N) is 2. The van der Waals surface area contributed by atoms with E-state index in [0.717, 1.165) is 39.0 Å². The van der Waals surface area contributed by atoms with E-state index in [2.05, 4.69) is 12.2 Å². The Morgan fingerprint density at radius 2 is 1.91 bits per heavy atom. The molecule has 0 spiro atoms. The van der Waals surface area contributed by atoms with Crippen LogP contribution in [-0.4, -0.2) is 56.0 Å². The van der Waals surface area contributed by atoms with E-state index in [-0.39, 0.29) is 11.8 Å². The summed E-state index contributed by atoms with van der Waals surface area (Å²) in [6.45, 7) is 9.82. The Morgan fingerprint density at radius 3 is 2.57 bits per heavy atom. The molecule has 0 aromatic rings. The molecule has 0 unspecified atom stereocenters. The maximum atomic E-state index is 12.2. The molecule has 2 atom stereocenters. The first-order chi connectivity index (χ1) is 11.1. The zero-order chi connectivity index (χ0) is 16.7. The molecule has 2 rings (SSSR count). The molecule has 2 aliphatic rings. The zero-order valence-electron chi connectivity index (χ0n) is 14.9. The molecule has 132 valence electrons. The summed E-state index contributed by atoms with van der Waals surface area (Å²) in [5, 5.41) is 3.12. The molecule has 2 N–H and O–H groups in total. The van der Waals surface area contributed by atoms with Crippen molar-refractivity contribution in [2.75, 3.05) is 39.3 Å². The van der Waals surface area contributed by atoms with Gasteiger partial charge in [0.05, 0.1) is 26.2 Å². The topological polar surface area (TPSA) is 53.9 Å². The summed E-state index contributed by atoms with van der Waals surface area (Å²) < 4.78 is 0. The Hall–Kier alpha value is -1.10. The van der Waals surface area contributed by atoms with Gasteiger partial charge >= 0.3 is 0 Å². The average molecular weight is 324 g/mol. The zero-order valence-corrected chi connectivity index (χ0v) is 14.9. The highest BCUT2D eigenvalue weighted by Gasteiger charge is 2.30. The fraction of sp³-hybridized carbons (Fsp3) is 0.889. The lowest BCUT2D eigenvalue weighted by Gasteiger charge is -2.37. The van der Waals surface area contributed by atoms with Crippen LogP contribution in [0.5, 0.6) is 0 Å². The molecule has 0 radical (unpaired) electrons. The second kappa shape index (κ2) is 9.26. The Labute approximate surface area is 140 Å². The smallest absolute Gasteiger partial charge is 0.220 e. The maximum absolute atomic E-state index is 12.2. The van der Waals surface area contributed by atoms with E-state index in [0.29, 0.717) is 18.3 Å². The van der Waals surface area contributed by atoms with Crippen molar-refractivity contribution >= 4 is 11.8 Å². The van der Waals surface area contributed by atoms with Crippen LogP contribution < -0.4 is 10.2 Å². The summed E-state index contributed by atoms with van der Waals surface area (Å²) in [5.41, 5.74) is 0. The highest BCUT2D eigenvalue weighted by Crippen LogP contribution is 2.28. The second-order valence-corrected chi connectivity index (χ2v) is 7.30. The van der Waals surface area contributed by atoms with Gasteiger partial charge in [-0.15, -0.1) is 0 Å². The van der Waals surface area contributed by atoms with Gasteiger partial charge < -0.3 is 15.1 Å². The molecule has 2 saturated heterocycles. The van der Waals surface area contributed by atoms with Crippen LogP contribution in [0.15, 0.2) is 0 Å². The number of likely N-dealkylation sites (tertiary alicyclic amines) is 2. The van der Waals surface area contributed by atoms with Crippen molar-refractivity contribution in [3.8, 4) is 0 Å².